The number of pyridine rings is 3. The molecule has 0 bridgehead atoms. The first-order valence-electron chi connectivity index (χ1n) is 11.8. The lowest BCUT2D eigenvalue weighted by Crippen LogP contribution is -2.27. The van der Waals surface area contributed by atoms with E-state index >= 15 is 0 Å². The molecule has 188 valence electrons. The molecule has 0 aliphatic rings. The van der Waals surface area contributed by atoms with Crippen LogP contribution < -0.4 is 5.32 Å². The molecule has 5 heterocycles. The van der Waals surface area contributed by atoms with Crippen molar-refractivity contribution < 1.29 is 9.18 Å². The summed E-state index contributed by atoms with van der Waals surface area (Å²) in [6, 6.07) is 8.20. The minimum absolute atomic E-state index is 0.246. The smallest absolute Gasteiger partial charge is 0.321 e. The maximum Gasteiger partial charge on any atom is 0.321 e. The van der Waals surface area contributed by atoms with Crippen molar-refractivity contribution in [3.8, 4) is 33.8 Å². The highest BCUT2D eigenvalue weighted by atomic mass is 19.1. The molecular formula is C27H22FN9O. The quantitative estimate of drug-likeness (QED) is 0.302. The van der Waals surface area contributed by atoms with Gasteiger partial charge in [-0.05, 0) is 42.3 Å². The minimum Gasteiger partial charge on any atom is -0.335 e. The third-order valence-electron chi connectivity index (χ3n) is 6.24. The maximum atomic E-state index is 13.7. The number of urea groups is 1. The second-order valence-corrected chi connectivity index (χ2v) is 9.11. The molecule has 0 aliphatic carbocycles. The van der Waals surface area contributed by atoms with E-state index in [1.807, 2.05) is 19.1 Å². The van der Waals surface area contributed by atoms with E-state index in [0.29, 0.717) is 28.4 Å². The van der Waals surface area contributed by atoms with Crippen molar-refractivity contribution in [2.75, 3.05) is 19.4 Å². The molecule has 5 aromatic heterocycles. The molecule has 11 heteroatoms. The standard InChI is InChI=1S/C27H22FN9O/c1-14-6-17(28)4-5-19(14)21-12-30-13-22-23(21)34-26(33-22)24-20-8-16(10-31-25(20)36-35-24)15-7-18(11-29-9-15)32-27(38)37(2)3/h4-13H,1-3H3,(H,32,38)(H,33,34)(H,31,35,36). The van der Waals surface area contributed by atoms with Crippen LogP contribution in [0.15, 0.2) is 61.3 Å². The lowest BCUT2D eigenvalue weighted by molar-refractivity contribution is 0.230. The summed E-state index contributed by atoms with van der Waals surface area (Å²) < 4.78 is 13.7. The summed E-state index contributed by atoms with van der Waals surface area (Å²) >= 11 is 0. The topological polar surface area (TPSA) is 128 Å². The van der Waals surface area contributed by atoms with Gasteiger partial charge in [0, 0.05) is 49.4 Å². The summed E-state index contributed by atoms with van der Waals surface area (Å²) in [7, 11) is 3.34. The Balaban J connectivity index is 1.42. The van der Waals surface area contributed by atoms with Crippen LogP contribution >= 0.6 is 0 Å². The molecule has 3 N–H and O–H groups in total. The predicted octanol–water partition coefficient (Wildman–Crippen LogP) is 5.17. The van der Waals surface area contributed by atoms with E-state index < -0.39 is 0 Å². The minimum atomic E-state index is -0.291. The zero-order chi connectivity index (χ0) is 26.4. The average Bonchev–Trinajstić information content (AvgIpc) is 3.52. The largest absolute Gasteiger partial charge is 0.335 e. The maximum absolute atomic E-state index is 13.7. The van der Waals surface area contributed by atoms with Gasteiger partial charge in [0.25, 0.3) is 0 Å². The number of H-pyrrole nitrogens is 2. The van der Waals surface area contributed by atoms with Crippen LogP contribution in [0.4, 0.5) is 14.9 Å². The number of aromatic nitrogens is 7. The SMILES string of the molecule is Cc1cc(F)ccc1-c1cncc2[nH]c(-c3n[nH]c4ncc(-c5cncc(NC(=O)N(C)C)c5)cc34)nc12. The van der Waals surface area contributed by atoms with Gasteiger partial charge in [-0.25, -0.2) is 19.2 Å². The lowest BCUT2D eigenvalue weighted by Gasteiger charge is -2.12. The number of nitrogens with zero attached hydrogens (tertiary/aromatic N) is 6. The molecule has 0 spiro atoms. The van der Waals surface area contributed by atoms with Gasteiger partial charge in [0.15, 0.2) is 11.5 Å². The summed E-state index contributed by atoms with van der Waals surface area (Å²) in [5, 5.41) is 11.0. The molecule has 0 fully saturated rings. The summed E-state index contributed by atoms with van der Waals surface area (Å²) in [6.45, 7) is 1.86. The fourth-order valence-corrected chi connectivity index (χ4v) is 4.31. The summed E-state index contributed by atoms with van der Waals surface area (Å²) in [6.07, 6.45) is 8.44. The number of anilines is 1. The average molecular weight is 508 g/mol. The highest BCUT2D eigenvalue weighted by Gasteiger charge is 2.18. The van der Waals surface area contributed by atoms with Gasteiger partial charge in [-0.1, -0.05) is 6.07 Å². The molecule has 2 amide bonds. The van der Waals surface area contributed by atoms with Crippen molar-refractivity contribution in [1.82, 2.24) is 40.0 Å². The second kappa shape index (κ2) is 9.04. The van der Waals surface area contributed by atoms with Gasteiger partial charge in [-0.15, -0.1) is 0 Å². The van der Waals surface area contributed by atoms with E-state index in [-0.39, 0.29) is 11.8 Å². The van der Waals surface area contributed by atoms with E-state index in [1.54, 1.807) is 51.1 Å². The number of nitrogens with one attached hydrogen (secondary N) is 3. The summed E-state index contributed by atoms with van der Waals surface area (Å²) in [4.78, 5) is 34.8. The Morgan fingerprint density at radius 1 is 0.974 bits per heavy atom. The first kappa shape index (κ1) is 23.2. The number of imidazole rings is 1. The van der Waals surface area contributed by atoms with E-state index in [2.05, 4.69) is 35.5 Å². The van der Waals surface area contributed by atoms with Gasteiger partial charge in [0.2, 0.25) is 0 Å². The molecular weight excluding hydrogens is 485 g/mol. The number of aromatic amines is 2. The second-order valence-electron chi connectivity index (χ2n) is 9.11. The fourth-order valence-electron chi connectivity index (χ4n) is 4.31. The Kier molecular flexibility index (Phi) is 5.52. The van der Waals surface area contributed by atoms with Crippen LogP contribution in [0.1, 0.15) is 5.56 Å². The van der Waals surface area contributed by atoms with Crippen molar-refractivity contribution in [3.05, 3.63) is 72.7 Å². The van der Waals surface area contributed by atoms with Crippen molar-refractivity contribution in [2.45, 2.75) is 6.92 Å². The number of carbonyl (C=O) groups excluding carboxylic acids is 1. The Morgan fingerprint density at radius 3 is 2.61 bits per heavy atom. The number of hydrogen-bond acceptors (Lipinski definition) is 6. The Bertz CT molecular complexity index is 1840. The van der Waals surface area contributed by atoms with E-state index in [9.17, 15) is 9.18 Å². The van der Waals surface area contributed by atoms with Crippen LogP contribution in [0.5, 0.6) is 0 Å². The molecule has 6 aromatic rings. The number of fused-ring (bicyclic) bond motifs is 2. The number of amides is 2. The molecule has 0 saturated carbocycles. The molecule has 0 atom stereocenters. The highest BCUT2D eigenvalue weighted by Crippen LogP contribution is 2.33. The monoisotopic (exact) mass is 507 g/mol. The zero-order valence-corrected chi connectivity index (χ0v) is 20.7. The number of halogens is 1. The van der Waals surface area contributed by atoms with E-state index in [0.717, 1.165) is 38.7 Å². The van der Waals surface area contributed by atoms with Crippen LogP contribution in [0.2, 0.25) is 0 Å². The molecule has 10 nitrogen and oxygen atoms in total. The molecule has 0 radical (unpaired) electrons. The van der Waals surface area contributed by atoms with Crippen LogP contribution in [-0.4, -0.2) is 60.1 Å². The summed E-state index contributed by atoms with van der Waals surface area (Å²) in [5.74, 6) is 0.255. The molecule has 0 aliphatic heterocycles. The number of aryl methyl sites for hydroxylation is 1. The highest BCUT2D eigenvalue weighted by molar-refractivity contribution is 5.97. The third-order valence-corrected chi connectivity index (χ3v) is 6.24. The van der Waals surface area contributed by atoms with E-state index in [1.165, 1.54) is 17.0 Å². The zero-order valence-electron chi connectivity index (χ0n) is 20.7. The molecule has 6 rings (SSSR count). The van der Waals surface area contributed by atoms with Crippen LogP contribution in [0, 0.1) is 12.7 Å². The first-order valence-corrected chi connectivity index (χ1v) is 11.8. The molecule has 38 heavy (non-hydrogen) atoms. The van der Waals surface area contributed by atoms with Crippen molar-refractivity contribution >= 4 is 33.8 Å². The first-order chi connectivity index (χ1) is 18.4. The number of rotatable bonds is 4. The van der Waals surface area contributed by atoms with Crippen molar-refractivity contribution in [3.63, 3.8) is 0 Å². The van der Waals surface area contributed by atoms with Crippen molar-refractivity contribution in [2.24, 2.45) is 0 Å². The molecule has 0 saturated heterocycles. The fraction of sp³-hybridized carbons (Fsp3) is 0.111. The van der Waals surface area contributed by atoms with Crippen LogP contribution in [0.25, 0.3) is 55.8 Å². The molecule has 1 aromatic carbocycles. The van der Waals surface area contributed by atoms with Gasteiger partial charge in [0.1, 0.15) is 17.0 Å². The van der Waals surface area contributed by atoms with E-state index in [4.69, 9.17) is 4.98 Å². The summed E-state index contributed by atoms with van der Waals surface area (Å²) in [5.41, 5.74) is 7.23. The van der Waals surface area contributed by atoms with Gasteiger partial charge < -0.3 is 15.2 Å². The van der Waals surface area contributed by atoms with Gasteiger partial charge >= 0.3 is 6.03 Å². The van der Waals surface area contributed by atoms with Crippen LogP contribution in [-0.2, 0) is 0 Å². The molecule has 0 unspecified atom stereocenters. The number of benzene rings is 1. The number of carbonyl (C=O) groups is 1. The lowest BCUT2D eigenvalue weighted by atomic mass is 10.0. The van der Waals surface area contributed by atoms with Gasteiger partial charge in [-0.2, -0.15) is 5.10 Å². The van der Waals surface area contributed by atoms with Gasteiger partial charge in [-0.3, -0.25) is 15.1 Å². The normalized spacial score (nSPS) is 11.3. The Hall–Kier alpha value is -5.19. The number of hydrogen-bond donors (Lipinski definition) is 3. The Labute approximate surface area is 216 Å². The third kappa shape index (κ3) is 4.09. The van der Waals surface area contributed by atoms with Gasteiger partial charge in [0.05, 0.1) is 29.0 Å². The van der Waals surface area contributed by atoms with Crippen LogP contribution in [0.3, 0.4) is 0 Å². The Morgan fingerprint density at radius 2 is 1.79 bits per heavy atom. The van der Waals surface area contributed by atoms with Crippen molar-refractivity contribution in [1.29, 1.82) is 0 Å². The predicted molar refractivity (Wildman–Crippen MR) is 143 cm³/mol.